The van der Waals surface area contributed by atoms with Gasteiger partial charge in [-0.1, -0.05) is 36.8 Å². The van der Waals surface area contributed by atoms with Gasteiger partial charge in [0, 0.05) is 36.5 Å². The van der Waals surface area contributed by atoms with E-state index in [9.17, 15) is 8.42 Å². The Kier molecular flexibility index (Phi) is 5.77. The Hall–Kier alpha value is -2.29. The van der Waals surface area contributed by atoms with Gasteiger partial charge in [-0.3, -0.25) is 0 Å². The third-order valence-corrected chi connectivity index (χ3v) is 8.88. The number of hydrogen-bond acceptors (Lipinski definition) is 6. The number of nitrogens with zero attached hydrogens (tertiary/aromatic N) is 4. The number of fused-ring (bicyclic) bond motifs is 3. The second kappa shape index (κ2) is 8.68. The Balaban J connectivity index is 1.34. The Labute approximate surface area is 187 Å². The zero-order valence-electron chi connectivity index (χ0n) is 17.4. The van der Waals surface area contributed by atoms with E-state index in [-0.39, 0.29) is 0 Å². The van der Waals surface area contributed by atoms with Gasteiger partial charge in [0.25, 0.3) is 0 Å². The molecule has 0 unspecified atom stereocenters. The number of aryl methyl sites for hydroxylation is 2. The number of hydrogen-bond donors (Lipinski definition) is 0. The van der Waals surface area contributed by atoms with Crippen molar-refractivity contribution in [1.82, 2.24) is 14.3 Å². The molecule has 162 valence electrons. The molecule has 1 aliphatic carbocycles. The zero-order valence-corrected chi connectivity index (χ0v) is 19.0. The average Bonchev–Trinajstić information content (AvgIpc) is 3.00. The summed E-state index contributed by atoms with van der Waals surface area (Å²) >= 11 is 1.81. The van der Waals surface area contributed by atoms with Crippen LogP contribution in [0.25, 0.3) is 16.3 Å². The van der Waals surface area contributed by atoms with E-state index >= 15 is 0 Å². The molecule has 1 fully saturated rings. The van der Waals surface area contributed by atoms with E-state index in [0.717, 1.165) is 29.1 Å². The number of rotatable bonds is 4. The van der Waals surface area contributed by atoms with Crippen molar-refractivity contribution < 1.29 is 8.42 Å². The highest BCUT2D eigenvalue weighted by Crippen LogP contribution is 2.38. The highest BCUT2D eigenvalue weighted by Gasteiger charge is 2.28. The normalized spacial score (nSPS) is 18.4. The minimum Gasteiger partial charge on any atom is -0.353 e. The molecule has 3 heterocycles. The average molecular weight is 455 g/mol. The summed E-state index contributed by atoms with van der Waals surface area (Å²) in [7, 11) is -3.44. The summed E-state index contributed by atoms with van der Waals surface area (Å²) < 4.78 is 27.2. The third kappa shape index (κ3) is 4.24. The molecule has 0 saturated carbocycles. The predicted octanol–water partition coefficient (Wildman–Crippen LogP) is 4.08. The molecule has 2 aliphatic rings. The predicted molar refractivity (Wildman–Crippen MR) is 127 cm³/mol. The topological polar surface area (TPSA) is 66.4 Å². The van der Waals surface area contributed by atoms with Crippen molar-refractivity contribution in [3.05, 3.63) is 58.1 Å². The molecule has 0 spiro atoms. The lowest BCUT2D eigenvalue weighted by atomic mass is 10.1. The summed E-state index contributed by atoms with van der Waals surface area (Å²) in [5, 5.41) is 2.52. The maximum atomic E-state index is 12.8. The molecule has 0 N–H and O–H groups in total. The molecular formula is C23H26N4O2S2. The van der Waals surface area contributed by atoms with Gasteiger partial charge in [0.1, 0.15) is 17.0 Å². The summed E-state index contributed by atoms with van der Waals surface area (Å²) in [6.07, 6.45) is 9.28. The quantitative estimate of drug-likeness (QED) is 0.556. The van der Waals surface area contributed by atoms with Crippen molar-refractivity contribution in [2.45, 2.75) is 32.1 Å². The lowest BCUT2D eigenvalue weighted by Gasteiger charge is -2.34. The molecule has 1 aromatic carbocycles. The van der Waals surface area contributed by atoms with Crippen LogP contribution in [0.2, 0.25) is 0 Å². The second-order valence-electron chi connectivity index (χ2n) is 8.09. The van der Waals surface area contributed by atoms with Crippen LogP contribution in [-0.4, -0.2) is 48.9 Å². The zero-order chi connectivity index (χ0) is 21.3. The van der Waals surface area contributed by atoms with Crippen molar-refractivity contribution >= 4 is 43.5 Å². The first-order valence-electron chi connectivity index (χ1n) is 10.9. The highest BCUT2D eigenvalue weighted by molar-refractivity contribution is 7.92. The number of anilines is 1. The summed E-state index contributed by atoms with van der Waals surface area (Å²) in [4.78, 5) is 13.9. The Morgan fingerprint density at radius 3 is 2.52 bits per heavy atom. The summed E-state index contributed by atoms with van der Waals surface area (Å²) in [6, 6.07) is 9.51. The molecule has 1 saturated heterocycles. The number of aromatic nitrogens is 2. The van der Waals surface area contributed by atoms with Crippen molar-refractivity contribution in [2.75, 3.05) is 31.1 Å². The smallest absolute Gasteiger partial charge is 0.236 e. The monoisotopic (exact) mass is 454 g/mol. The van der Waals surface area contributed by atoms with Crippen LogP contribution in [0.1, 0.15) is 35.3 Å². The highest BCUT2D eigenvalue weighted by atomic mass is 32.2. The first-order valence-corrected chi connectivity index (χ1v) is 13.2. The van der Waals surface area contributed by atoms with Crippen LogP contribution in [0, 0.1) is 0 Å². The Morgan fingerprint density at radius 1 is 0.935 bits per heavy atom. The van der Waals surface area contributed by atoms with Gasteiger partial charge >= 0.3 is 0 Å². The van der Waals surface area contributed by atoms with Crippen LogP contribution >= 0.6 is 11.3 Å². The Bertz CT molecular complexity index is 1200. The molecule has 31 heavy (non-hydrogen) atoms. The van der Waals surface area contributed by atoms with Gasteiger partial charge in [0.2, 0.25) is 10.0 Å². The minimum atomic E-state index is -3.44. The summed E-state index contributed by atoms with van der Waals surface area (Å²) in [6.45, 7) is 2.18. The van der Waals surface area contributed by atoms with Crippen molar-refractivity contribution in [3.63, 3.8) is 0 Å². The van der Waals surface area contributed by atoms with E-state index in [1.165, 1.54) is 40.5 Å². The van der Waals surface area contributed by atoms with Crippen LogP contribution < -0.4 is 4.90 Å². The van der Waals surface area contributed by atoms with Crippen LogP contribution in [-0.2, 0) is 22.9 Å². The van der Waals surface area contributed by atoms with Crippen LogP contribution in [0.3, 0.4) is 0 Å². The molecule has 8 heteroatoms. The molecule has 0 amide bonds. The van der Waals surface area contributed by atoms with Gasteiger partial charge in [-0.2, -0.15) is 4.31 Å². The largest absolute Gasteiger partial charge is 0.353 e. The van der Waals surface area contributed by atoms with Crippen molar-refractivity contribution in [1.29, 1.82) is 0 Å². The van der Waals surface area contributed by atoms with E-state index in [4.69, 9.17) is 0 Å². The van der Waals surface area contributed by atoms with Gasteiger partial charge in [-0.25, -0.2) is 18.4 Å². The summed E-state index contributed by atoms with van der Waals surface area (Å²) in [5.41, 5.74) is 2.31. The summed E-state index contributed by atoms with van der Waals surface area (Å²) in [5.74, 6) is 0.973. The fraction of sp³-hybridized carbons (Fsp3) is 0.391. The van der Waals surface area contributed by atoms with Crippen molar-refractivity contribution in [3.8, 4) is 0 Å². The van der Waals surface area contributed by atoms with Crippen LogP contribution in [0.4, 0.5) is 5.82 Å². The van der Waals surface area contributed by atoms with Gasteiger partial charge in [0.05, 0.1) is 5.39 Å². The molecule has 0 atom stereocenters. The second-order valence-corrected chi connectivity index (χ2v) is 11.0. The first-order chi connectivity index (χ1) is 15.1. The van der Waals surface area contributed by atoms with Crippen LogP contribution in [0.15, 0.2) is 42.1 Å². The lowest BCUT2D eigenvalue weighted by Crippen LogP contribution is -2.48. The molecule has 0 bridgehead atoms. The molecular weight excluding hydrogens is 428 g/mol. The molecule has 1 aliphatic heterocycles. The molecule has 5 rings (SSSR count). The van der Waals surface area contributed by atoms with E-state index in [2.05, 4.69) is 14.9 Å². The minimum absolute atomic E-state index is 0.458. The van der Waals surface area contributed by atoms with Crippen LogP contribution in [0.5, 0.6) is 0 Å². The standard InChI is InChI=1S/C23H26N4O2S2/c28-31(29,16-11-18-7-3-1-4-8-18)27-14-12-26(13-15-27)22-21-19-9-5-2-6-10-20(19)30-23(21)25-17-24-22/h1,3-4,7-8,11,16-17H,2,5-6,9-10,12-15H2. The SMILES string of the molecule is O=S(=O)(C=Cc1ccccc1)N1CCN(c2ncnc3sc4c(c23)CCCCC4)CC1. The van der Waals surface area contributed by atoms with Gasteiger partial charge in [0.15, 0.2) is 0 Å². The number of thiophene rings is 1. The van der Waals surface area contributed by atoms with E-state index in [1.807, 2.05) is 41.7 Å². The van der Waals surface area contributed by atoms with E-state index in [1.54, 1.807) is 16.7 Å². The lowest BCUT2D eigenvalue weighted by molar-refractivity contribution is 0.389. The number of sulfonamides is 1. The third-order valence-electron chi connectivity index (χ3n) is 6.11. The van der Waals surface area contributed by atoms with E-state index in [0.29, 0.717) is 26.2 Å². The Morgan fingerprint density at radius 2 is 1.71 bits per heavy atom. The van der Waals surface area contributed by atoms with Gasteiger partial charge in [-0.05, 0) is 42.9 Å². The maximum Gasteiger partial charge on any atom is 0.236 e. The number of piperazine rings is 1. The first kappa shape index (κ1) is 20.6. The fourth-order valence-corrected chi connectivity index (χ4v) is 6.86. The van der Waals surface area contributed by atoms with Gasteiger partial charge in [-0.15, -0.1) is 11.3 Å². The molecule has 3 aromatic rings. The van der Waals surface area contributed by atoms with Gasteiger partial charge < -0.3 is 4.90 Å². The molecule has 0 radical (unpaired) electrons. The van der Waals surface area contributed by atoms with Crippen molar-refractivity contribution in [2.24, 2.45) is 0 Å². The fourth-order valence-electron chi connectivity index (χ4n) is 4.46. The number of benzene rings is 1. The van der Waals surface area contributed by atoms with E-state index < -0.39 is 10.0 Å². The maximum absolute atomic E-state index is 12.8. The molecule has 6 nitrogen and oxygen atoms in total. The molecule has 2 aromatic heterocycles.